The zero-order chi connectivity index (χ0) is 13.3. The molecule has 1 heterocycles. The molecule has 1 aromatic carbocycles. The van der Waals surface area contributed by atoms with Gasteiger partial charge in [0.25, 0.3) is 0 Å². The zero-order valence-electron chi connectivity index (χ0n) is 10.9. The van der Waals surface area contributed by atoms with Gasteiger partial charge < -0.3 is 4.74 Å². The Balaban J connectivity index is 2.67. The number of rotatable bonds is 2. The fraction of sp³-hybridized carbons (Fsp3) is 0.286. The van der Waals surface area contributed by atoms with E-state index >= 15 is 0 Å². The number of hydrogen-bond acceptors (Lipinski definition) is 3. The fourth-order valence-electron chi connectivity index (χ4n) is 1.92. The van der Waals surface area contributed by atoms with Crippen LogP contribution in [0.15, 0.2) is 22.8 Å². The number of methoxy groups -OCH3 is 1. The molecule has 94 valence electrons. The first-order valence-electron chi connectivity index (χ1n) is 5.68. The van der Waals surface area contributed by atoms with Crippen LogP contribution in [0.4, 0.5) is 0 Å². The summed E-state index contributed by atoms with van der Waals surface area (Å²) in [7, 11) is 1.69. The molecule has 0 saturated heterocycles. The van der Waals surface area contributed by atoms with E-state index in [0.29, 0.717) is 0 Å². The summed E-state index contributed by atoms with van der Waals surface area (Å²) in [6, 6.07) is 6.02. The number of ether oxygens (including phenoxy) is 1. The number of aryl methyl sites for hydroxylation is 2. The smallest absolute Gasteiger partial charge is 0.131 e. The van der Waals surface area contributed by atoms with Gasteiger partial charge in [0.1, 0.15) is 16.2 Å². The second-order valence-corrected chi connectivity index (χ2v) is 5.02. The highest BCUT2D eigenvalue weighted by atomic mass is 79.9. The van der Waals surface area contributed by atoms with Crippen LogP contribution < -0.4 is 4.74 Å². The van der Waals surface area contributed by atoms with Gasteiger partial charge in [0.15, 0.2) is 0 Å². The van der Waals surface area contributed by atoms with Crippen LogP contribution in [0, 0.1) is 20.8 Å². The van der Waals surface area contributed by atoms with E-state index in [-0.39, 0.29) is 0 Å². The van der Waals surface area contributed by atoms with Gasteiger partial charge in [0.2, 0.25) is 0 Å². The normalized spacial score (nSPS) is 10.5. The van der Waals surface area contributed by atoms with E-state index in [2.05, 4.69) is 45.8 Å². The predicted molar refractivity (Wildman–Crippen MR) is 75.9 cm³/mol. The molecule has 0 bridgehead atoms. The molecule has 0 amide bonds. The van der Waals surface area contributed by atoms with E-state index in [9.17, 15) is 0 Å². The molecule has 4 heteroatoms. The van der Waals surface area contributed by atoms with Crippen molar-refractivity contribution in [2.45, 2.75) is 20.8 Å². The van der Waals surface area contributed by atoms with E-state index in [1.807, 2.05) is 19.1 Å². The average Bonchev–Trinajstić information content (AvgIpc) is 2.31. The molecule has 0 radical (unpaired) electrons. The Morgan fingerprint density at radius 3 is 2.44 bits per heavy atom. The molecule has 0 aliphatic heterocycles. The second-order valence-electron chi connectivity index (χ2n) is 4.21. The Morgan fingerprint density at radius 2 is 1.83 bits per heavy atom. The van der Waals surface area contributed by atoms with Gasteiger partial charge in [0.05, 0.1) is 12.8 Å². The van der Waals surface area contributed by atoms with Gasteiger partial charge in [0, 0.05) is 5.56 Å². The second kappa shape index (κ2) is 5.06. The monoisotopic (exact) mass is 306 g/mol. The minimum atomic E-state index is 0.736. The van der Waals surface area contributed by atoms with E-state index < -0.39 is 0 Å². The van der Waals surface area contributed by atoms with Gasteiger partial charge in [-0.15, -0.1) is 0 Å². The van der Waals surface area contributed by atoms with Crippen molar-refractivity contribution in [3.63, 3.8) is 0 Å². The van der Waals surface area contributed by atoms with Crippen molar-refractivity contribution in [2.24, 2.45) is 0 Å². The lowest BCUT2D eigenvalue weighted by molar-refractivity contribution is 0.413. The molecule has 18 heavy (non-hydrogen) atoms. The Labute approximate surface area is 115 Å². The molecular formula is C14H15BrN2O. The minimum absolute atomic E-state index is 0.736. The number of benzene rings is 1. The van der Waals surface area contributed by atoms with Crippen LogP contribution in [-0.2, 0) is 0 Å². The number of hydrogen-bond donors (Lipinski definition) is 0. The van der Waals surface area contributed by atoms with E-state index in [1.54, 1.807) is 7.11 Å². The predicted octanol–water partition coefficient (Wildman–Crippen LogP) is 3.84. The first-order chi connectivity index (χ1) is 8.52. The summed E-state index contributed by atoms with van der Waals surface area (Å²) in [4.78, 5) is 8.68. The molecule has 2 rings (SSSR count). The van der Waals surface area contributed by atoms with E-state index in [0.717, 1.165) is 33.0 Å². The minimum Gasteiger partial charge on any atom is -0.496 e. The van der Waals surface area contributed by atoms with Gasteiger partial charge in [-0.2, -0.15) is 0 Å². The lowest BCUT2D eigenvalue weighted by Gasteiger charge is -2.13. The van der Waals surface area contributed by atoms with Crippen molar-refractivity contribution in [3.8, 4) is 17.0 Å². The first kappa shape index (κ1) is 13.0. The van der Waals surface area contributed by atoms with E-state index in [4.69, 9.17) is 4.74 Å². The first-order valence-corrected chi connectivity index (χ1v) is 6.48. The van der Waals surface area contributed by atoms with Gasteiger partial charge in [-0.3, -0.25) is 0 Å². The van der Waals surface area contributed by atoms with Gasteiger partial charge >= 0.3 is 0 Å². The molecule has 0 aliphatic carbocycles. The van der Waals surface area contributed by atoms with Crippen LogP contribution in [0.1, 0.15) is 17.0 Å². The van der Waals surface area contributed by atoms with Crippen LogP contribution in [0.2, 0.25) is 0 Å². The maximum atomic E-state index is 5.52. The average molecular weight is 307 g/mol. The molecule has 0 N–H and O–H groups in total. The Morgan fingerprint density at radius 1 is 1.11 bits per heavy atom. The number of aromatic nitrogens is 2. The number of nitrogens with zero attached hydrogens (tertiary/aromatic N) is 2. The third-order valence-electron chi connectivity index (χ3n) is 2.96. The maximum absolute atomic E-state index is 5.52. The molecule has 0 fully saturated rings. The Hall–Kier alpha value is -1.42. The molecule has 0 spiro atoms. The SMILES string of the molecule is COc1c(-c2cc(Br)nc(C)n2)ccc(C)c1C. The van der Waals surface area contributed by atoms with Crippen molar-refractivity contribution in [1.82, 2.24) is 9.97 Å². The summed E-state index contributed by atoms with van der Waals surface area (Å²) in [6.07, 6.45) is 0. The summed E-state index contributed by atoms with van der Waals surface area (Å²) in [5.74, 6) is 1.61. The summed E-state index contributed by atoms with van der Waals surface area (Å²) in [5.41, 5.74) is 4.21. The van der Waals surface area contributed by atoms with E-state index in [1.165, 1.54) is 5.56 Å². The highest BCUT2D eigenvalue weighted by Crippen LogP contribution is 2.34. The third kappa shape index (κ3) is 2.38. The van der Waals surface area contributed by atoms with Crippen molar-refractivity contribution in [2.75, 3.05) is 7.11 Å². The summed E-state index contributed by atoms with van der Waals surface area (Å²) in [6.45, 7) is 6.01. The standard InChI is InChI=1S/C14H15BrN2O/c1-8-5-6-11(14(18-4)9(8)2)12-7-13(15)17-10(3)16-12/h5-7H,1-4H3. The summed E-state index contributed by atoms with van der Waals surface area (Å²) < 4.78 is 6.30. The zero-order valence-corrected chi connectivity index (χ0v) is 12.5. The molecule has 0 saturated carbocycles. The van der Waals surface area contributed by atoms with Crippen LogP contribution in [0.5, 0.6) is 5.75 Å². The quantitative estimate of drug-likeness (QED) is 0.791. The molecule has 1 aromatic heterocycles. The van der Waals surface area contributed by atoms with Crippen molar-refractivity contribution >= 4 is 15.9 Å². The van der Waals surface area contributed by atoms with Crippen LogP contribution in [-0.4, -0.2) is 17.1 Å². The van der Waals surface area contributed by atoms with Crippen molar-refractivity contribution in [3.05, 3.63) is 39.8 Å². The van der Waals surface area contributed by atoms with Gasteiger partial charge in [-0.05, 0) is 60.0 Å². The lowest BCUT2D eigenvalue weighted by Crippen LogP contribution is -1.97. The van der Waals surface area contributed by atoms with Crippen LogP contribution in [0.25, 0.3) is 11.3 Å². The molecule has 3 nitrogen and oxygen atoms in total. The van der Waals surface area contributed by atoms with Crippen molar-refractivity contribution in [1.29, 1.82) is 0 Å². The van der Waals surface area contributed by atoms with Gasteiger partial charge in [-0.25, -0.2) is 9.97 Å². The largest absolute Gasteiger partial charge is 0.496 e. The topological polar surface area (TPSA) is 35.0 Å². The van der Waals surface area contributed by atoms with Crippen LogP contribution >= 0.6 is 15.9 Å². The fourth-order valence-corrected chi connectivity index (χ4v) is 2.40. The Kier molecular flexibility index (Phi) is 3.66. The maximum Gasteiger partial charge on any atom is 0.131 e. The summed E-state index contributed by atoms with van der Waals surface area (Å²) >= 11 is 3.40. The van der Waals surface area contributed by atoms with Crippen LogP contribution in [0.3, 0.4) is 0 Å². The molecule has 0 aliphatic rings. The van der Waals surface area contributed by atoms with Gasteiger partial charge in [-0.1, -0.05) is 6.07 Å². The lowest BCUT2D eigenvalue weighted by atomic mass is 10.0. The molecule has 2 aromatic rings. The molecule has 0 atom stereocenters. The summed E-state index contributed by atoms with van der Waals surface area (Å²) in [5, 5.41) is 0. The Bertz CT molecular complexity index is 576. The van der Waals surface area contributed by atoms with Crippen molar-refractivity contribution < 1.29 is 4.74 Å². The highest BCUT2D eigenvalue weighted by molar-refractivity contribution is 9.10. The molecular weight excluding hydrogens is 292 g/mol. The molecule has 0 unspecified atom stereocenters. The highest BCUT2D eigenvalue weighted by Gasteiger charge is 2.12. The number of halogens is 1. The third-order valence-corrected chi connectivity index (χ3v) is 3.37.